The zero-order chi connectivity index (χ0) is 15.2. The highest BCUT2D eigenvalue weighted by atomic mass is 19.4. The highest BCUT2D eigenvalue weighted by Gasteiger charge is 2.30. The maximum Gasteiger partial charge on any atom is 0.416 e. The lowest BCUT2D eigenvalue weighted by molar-refractivity contribution is -0.138. The second-order valence-electron chi connectivity index (χ2n) is 3.97. The molecule has 0 saturated carbocycles. The van der Waals surface area contributed by atoms with Crippen LogP contribution in [0.5, 0.6) is 0 Å². The van der Waals surface area contributed by atoms with Gasteiger partial charge in [-0.25, -0.2) is 4.79 Å². The van der Waals surface area contributed by atoms with Gasteiger partial charge in [-0.05, 0) is 25.0 Å². The van der Waals surface area contributed by atoms with E-state index in [2.05, 4.69) is 9.89 Å². The van der Waals surface area contributed by atoms with Gasteiger partial charge in [-0.2, -0.15) is 13.2 Å². The van der Waals surface area contributed by atoms with Crippen molar-refractivity contribution in [2.45, 2.75) is 25.9 Å². The molecule has 0 saturated heterocycles. The average molecular weight is 289 g/mol. The third-order valence-corrected chi connectivity index (χ3v) is 2.54. The summed E-state index contributed by atoms with van der Waals surface area (Å²) < 4.78 is 42.2. The lowest BCUT2D eigenvalue weighted by atomic mass is 10.0. The van der Waals surface area contributed by atoms with Gasteiger partial charge in [0.05, 0.1) is 12.2 Å². The highest BCUT2D eigenvalue weighted by molar-refractivity contribution is 6.36. The van der Waals surface area contributed by atoms with E-state index in [0.29, 0.717) is 5.56 Å². The van der Waals surface area contributed by atoms with Crippen molar-refractivity contribution in [3.05, 3.63) is 35.4 Å². The average Bonchev–Trinajstić information content (AvgIpc) is 2.39. The van der Waals surface area contributed by atoms with Crippen LogP contribution in [0.1, 0.15) is 24.5 Å². The summed E-state index contributed by atoms with van der Waals surface area (Å²) in [7, 11) is 0. The van der Waals surface area contributed by atoms with E-state index in [4.69, 9.17) is 5.21 Å². The first-order valence-corrected chi connectivity index (χ1v) is 5.92. The lowest BCUT2D eigenvalue weighted by Gasteiger charge is -2.09. The molecule has 0 aromatic heterocycles. The minimum Gasteiger partial charge on any atom is -0.461 e. The Bertz CT molecular complexity index is 498. The number of carbonyl (C=O) groups excluding carboxylic acids is 1. The van der Waals surface area contributed by atoms with Crippen LogP contribution in [0, 0.1) is 0 Å². The van der Waals surface area contributed by atoms with Crippen LogP contribution >= 0.6 is 0 Å². The SMILES string of the molecule is CCOC(=O)/C(CCc1cccc(C(F)(F)F)c1)=N\O. The number of esters is 1. The number of hydrogen-bond donors (Lipinski definition) is 1. The van der Waals surface area contributed by atoms with Gasteiger partial charge in [0.1, 0.15) is 0 Å². The second kappa shape index (κ2) is 6.93. The number of benzene rings is 1. The molecule has 0 spiro atoms. The summed E-state index contributed by atoms with van der Waals surface area (Å²) >= 11 is 0. The first kappa shape index (κ1) is 16.0. The molecule has 1 aromatic carbocycles. The van der Waals surface area contributed by atoms with Gasteiger partial charge in [-0.1, -0.05) is 23.4 Å². The maximum absolute atomic E-state index is 12.5. The van der Waals surface area contributed by atoms with E-state index >= 15 is 0 Å². The molecule has 7 heteroatoms. The van der Waals surface area contributed by atoms with E-state index in [1.165, 1.54) is 12.1 Å². The maximum atomic E-state index is 12.5. The number of rotatable bonds is 5. The van der Waals surface area contributed by atoms with Crippen LogP contribution in [0.4, 0.5) is 13.2 Å². The summed E-state index contributed by atoms with van der Waals surface area (Å²) in [5, 5.41) is 11.5. The smallest absolute Gasteiger partial charge is 0.416 e. The van der Waals surface area contributed by atoms with Gasteiger partial charge in [-0.3, -0.25) is 0 Å². The zero-order valence-corrected chi connectivity index (χ0v) is 10.8. The van der Waals surface area contributed by atoms with Crippen molar-refractivity contribution in [3.8, 4) is 0 Å². The number of carbonyl (C=O) groups is 1. The summed E-state index contributed by atoms with van der Waals surface area (Å²) in [5.74, 6) is -0.776. The molecule has 0 radical (unpaired) electrons. The molecule has 0 bridgehead atoms. The predicted octanol–water partition coefficient (Wildman–Crippen LogP) is 3.03. The summed E-state index contributed by atoms with van der Waals surface area (Å²) in [5.41, 5.74) is -0.580. The van der Waals surface area contributed by atoms with Crippen LogP contribution < -0.4 is 0 Å². The second-order valence-corrected chi connectivity index (χ2v) is 3.97. The summed E-state index contributed by atoms with van der Waals surface area (Å²) in [6, 6.07) is 4.77. The minimum absolute atomic E-state index is 0.00333. The van der Waals surface area contributed by atoms with E-state index in [1.807, 2.05) is 0 Å². The number of alkyl halides is 3. The van der Waals surface area contributed by atoms with Crippen molar-refractivity contribution >= 4 is 11.7 Å². The molecular weight excluding hydrogens is 275 g/mol. The Kier molecular flexibility index (Phi) is 5.54. The molecule has 0 aliphatic rings. The Morgan fingerprint density at radius 3 is 2.65 bits per heavy atom. The Labute approximate surface area is 113 Å². The van der Waals surface area contributed by atoms with Gasteiger partial charge < -0.3 is 9.94 Å². The molecule has 1 rings (SSSR count). The van der Waals surface area contributed by atoms with Gasteiger partial charge >= 0.3 is 12.1 Å². The van der Waals surface area contributed by atoms with Crippen molar-refractivity contribution in [3.63, 3.8) is 0 Å². The fourth-order valence-corrected chi connectivity index (χ4v) is 1.57. The fraction of sp³-hybridized carbons (Fsp3) is 0.385. The standard InChI is InChI=1S/C13H14F3NO3/c1-2-20-12(18)11(17-19)7-6-9-4-3-5-10(8-9)13(14,15)16/h3-5,8,19H,2,6-7H2,1H3/b17-11-. The molecule has 0 atom stereocenters. The van der Waals surface area contributed by atoms with Gasteiger partial charge in [-0.15, -0.1) is 0 Å². The van der Waals surface area contributed by atoms with Crippen LogP contribution in [-0.4, -0.2) is 23.5 Å². The minimum atomic E-state index is -4.41. The van der Waals surface area contributed by atoms with E-state index in [1.54, 1.807) is 6.92 Å². The Hall–Kier alpha value is -2.05. The molecule has 0 heterocycles. The number of ether oxygens (including phenoxy) is 1. The molecular formula is C13H14F3NO3. The number of halogens is 3. The number of aryl methyl sites for hydroxylation is 1. The monoisotopic (exact) mass is 289 g/mol. The van der Waals surface area contributed by atoms with Crippen LogP contribution in [0.15, 0.2) is 29.4 Å². The van der Waals surface area contributed by atoms with Gasteiger partial charge in [0.25, 0.3) is 0 Å². The molecule has 1 N–H and O–H groups in total. The zero-order valence-electron chi connectivity index (χ0n) is 10.8. The van der Waals surface area contributed by atoms with E-state index < -0.39 is 17.7 Å². The summed E-state index contributed by atoms with van der Waals surface area (Å²) in [4.78, 5) is 11.3. The van der Waals surface area contributed by atoms with E-state index in [-0.39, 0.29) is 25.2 Å². The first-order chi connectivity index (χ1) is 9.38. The van der Waals surface area contributed by atoms with Crippen LogP contribution in [0.2, 0.25) is 0 Å². The Morgan fingerprint density at radius 2 is 2.10 bits per heavy atom. The summed E-state index contributed by atoms with van der Waals surface area (Å²) in [6.07, 6.45) is -4.27. The largest absolute Gasteiger partial charge is 0.461 e. The molecule has 0 amide bonds. The Balaban J connectivity index is 2.72. The quantitative estimate of drug-likeness (QED) is 0.392. The third kappa shape index (κ3) is 4.56. The van der Waals surface area contributed by atoms with E-state index in [9.17, 15) is 18.0 Å². The van der Waals surface area contributed by atoms with E-state index in [0.717, 1.165) is 12.1 Å². The summed E-state index contributed by atoms with van der Waals surface area (Å²) in [6.45, 7) is 1.72. The topological polar surface area (TPSA) is 58.9 Å². The van der Waals surface area contributed by atoms with Crippen molar-refractivity contribution in [2.24, 2.45) is 5.16 Å². The predicted molar refractivity (Wildman–Crippen MR) is 65.6 cm³/mol. The van der Waals surface area contributed by atoms with Gasteiger partial charge in [0.15, 0.2) is 5.71 Å². The number of hydrogen-bond acceptors (Lipinski definition) is 4. The molecule has 20 heavy (non-hydrogen) atoms. The third-order valence-electron chi connectivity index (χ3n) is 2.54. The van der Waals surface area contributed by atoms with Crippen molar-refractivity contribution in [2.75, 3.05) is 6.61 Å². The Morgan fingerprint density at radius 1 is 1.40 bits per heavy atom. The van der Waals surface area contributed by atoms with Crippen LogP contribution in [0.3, 0.4) is 0 Å². The van der Waals surface area contributed by atoms with Crippen LogP contribution in [-0.2, 0) is 22.1 Å². The molecule has 0 aliphatic heterocycles. The van der Waals surface area contributed by atoms with Crippen molar-refractivity contribution < 1.29 is 27.9 Å². The van der Waals surface area contributed by atoms with Crippen molar-refractivity contribution in [1.29, 1.82) is 0 Å². The molecule has 110 valence electrons. The molecule has 4 nitrogen and oxygen atoms in total. The lowest BCUT2D eigenvalue weighted by Crippen LogP contribution is -2.18. The molecule has 0 aliphatic carbocycles. The first-order valence-electron chi connectivity index (χ1n) is 5.92. The fourth-order valence-electron chi connectivity index (χ4n) is 1.57. The number of oxime groups is 1. The highest BCUT2D eigenvalue weighted by Crippen LogP contribution is 2.29. The van der Waals surface area contributed by atoms with Crippen molar-refractivity contribution in [1.82, 2.24) is 0 Å². The van der Waals surface area contributed by atoms with Gasteiger partial charge in [0.2, 0.25) is 0 Å². The molecule has 0 fully saturated rings. The number of nitrogens with zero attached hydrogens (tertiary/aromatic N) is 1. The normalized spacial score (nSPS) is 12.3. The van der Waals surface area contributed by atoms with Crippen LogP contribution in [0.25, 0.3) is 0 Å². The molecule has 0 unspecified atom stereocenters. The van der Waals surface area contributed by atoms with Gasteiger partial charge in [0, 0.05) is 6.42 Å². The molecule has 1 aromatic rings.